The maximum Gasteiger partial charge on any atom is 0.340 e. The number of rotatable bonds is 7. The molecule has 3 aromatic rings. The lowest BCUT2D eigenvalue weighted by atomic mass is 9.70. The van der Waals surface area contributed by atoms with Gasteiger partial charge in [-0.25, -0.2) is 4.79 Å². The van der Waals surface area contributed by atoms with E-state index in [0.29, 0.717) is 87.9 Å². The molecule has 1 aliphatic carbocycles. The standard InChI is InChI=1S/C41H39NO8/c1-23-24(2)38(46)36(25(3)37(23)45)40(4,5)22-28(43)18-26-10-12-31-33(19-26)49-34-20-27(21-35(44)42-14-16-48-17-15-42)11-13-32(34)41(31)30-9-7-6-8-29(30)39(47)50-41/h6-13,19-20H,14-18,21-22H2,1-5H3. The first kappa shape index (κ1) is 33.4. The van der Waals surface area contributed by atoms with Gasteiger partial charge in [0, 0.05) is 70.3 Å². The smallest absolute Gasteiger partial charge is 0.340 e. The van der Waals surface area contributed by atoms with Crippen molar-refractivity contribution >= 4 is 29.2 Å². The van der Waals surface area contributed by atoms with Crippen LogP contribution in [0.5, 0.6) is 11.5 Å². The number of Topliss-reactive ketones (excluding diaryl/α,β-unsaturated/α-hetero) is 3. The van der Waals surface area contributed by atoms with Gasteiger partial charge >= 0.3 is 5.97 Å². The quantitative estimate of drug-likeness (QED) is 0.222. The summed E-state index contributed by atoms with van der Waals surface area (Å²) in [5.74, 6) is -0.0268. The summed E-state index contributed by atoms with van der Waals surface area (Å²) in [5, 5.41) is 0. The van der Waals surface area contributed by atoms with Gasteiger partial charge in [0.05, 0.1) is 25.2 Å². The summed E-state index contributed by atoms with van der Waals surface area (Å²) in [5.41, 5.74) is 3.35. The van der Waals surface area contributed by atoms with Crippen LogP contribution in [0.4, 0.5) is 0 Å². The molecule has 0 radical (unpaired) electrons. The molecule has 50 heavy (non-hydrogen) atoms. The molecule has 1 amide bonds. The maximum atomic E-state index is 13.6. The number of allylic oxidation sites excluding steroid dienone is 4. The van der Waals surface area contributed by atoms with Crippen molar-refractivity contribution in [3.8, 4) is 11.5 Å². The lowest BCUT2D eigenvalue weighted by molar-refractivity contribution is -0.134. The number of esters is 1. The topological polar surface area (TPSA) is 116 Å². The number of amides is 1. The molecule has 256 valence electrons. The number of ketones is 3. The van der Waals surface area contributed by atoms with Gasteiger partial charge in [-0.1, -0.05) is 56.3 Å². The van der Waals surface area contributed by atoms with Crippen molar-refractivity contribution in [3.05, 3.63) is 116 Å². The monoisotopic (exact) mass is 673 g/mol. The molecule has 0 bridgehead atoms. The minimum absolute atomic E-state index is 0.00731. The van der Waals surface area contributed by atoms with Gasteiger partial charge in [-0.2, -0.15) is 0 Å². The first-order chi connectivity index (χ1) is 23.8. The summed E-state index contributed by atoms with van der Waals surface area (Å²) in [6.45, 7) is 10.7. The molecular formula is C41H39NO8. The molecule has 9 nitrogen and oxygen atoms in total. The maximum absolute atomic E-state index is 13.6. The fourth-order valence-electron chi connectivity index (χ4n) is 7.86. The molecule has 1 atom stereocenters. The van der Waals surface area contributed by atoms with Crippen molar-refractivity contribution < 1.29 is 38.2 Å². The average Bonchev–Trinajstić information content (AvgIpc) is 3.38. The van der Waals surface area contributed by atoms with Crippen molar-refractivity contribution in [2.45, 2.75) is 59.5 Å². The molecule has 1 unspecified atom stereocenters. The molecule has 3 heterocycles. The zero-order valence-corrected chi connectivity index (χ0v) is 28.9. The SMILES string of the molecule is CC1=C(C)C(=O)C(C(C)(C)CC(=O)Cc2ccc3c(c2)Oc2cc(CC(=O)N4CCOCC4)ccc2C32OC(=O)c3ccccc32)=C(C)C1=O. The van der Waals surface area contributed by atoms with Gasteiger partial charge in [-0.3, -0.25) is 19.2 Å². The second-order valence-corrected chi connectivity index (χ2v) is 14.2. The summed E-state index contributed by atoms with van der Waals surface area (Å²) in [4.78, 5) is 68.0. The molecule has 3 aliphatic heterocycles. The van der Waals surface area contributed by atoms with E-state index in [9.17, 15) is 24.0 Å². The van der Waals surface area contributed by atoms with Gasteiger partial charge in [-0.15, -0.1) is 0 Å². The highest BCUT2D eigenvalue weighted by Gasteiger charge is 2.53. The number of nitrogens with zero attached hydrogens (tertiary/aromatic N) is 1. The minimum atomic E-state index is -1.28. The van der Waals surface area contributed by atoms with Gasteiger partial charge in [0.2, 0.25) is 5.91 Å². The Balaban J connectivity index is 1.21. The number of benzene rings is 3. The highest BCUT2D eigenvalue weighted by Crippen LogP contribution is 2.56. The molecule has 1 spiro atoms. The Bertz CT molecular complexity index is 2080. The molecule has 1 saturated heterocycles. The summed E-state index contributed by atoms with van der Waals surface area (Å²) in [6.07, 6.45) is 0.296. The highest BCUT2D eigenvalue weighted by molar-refractivity contribution is 6.25. The molecule has 0 N–H and O–H groups in total. The molecule has 9 heteroatoms. The van der Waals surface area contributed by atoms with Crippen molar-refractivity contribution in [1.82, 2.24) is 4.90 Å². The predicted molar refractivity (Wildman–Crippen MR) is 184 cm³/mol. The van der Waals surface area contributed by atoms with E-state index >= 15 is 0 Å². The first-order valence-electron chi connectivity index (χ1n) is 16.9. The van der Waals surface area contributed by atoms with E-state index in [1.165, 1.54) is 0 Å². The van der Waals surface area contributed by atoms with E-state index in [2.05, 4.69) is 0 Å². The first-order valence-corrected chi connectivity index (χ1v) is 16.9. The van der Waals surface area contributed by atoms with E-state index in [0.717, 1.165) is 5.56 Å². The van der Waals surface area contributed by atoms with Gasteiger partial charge in [0.1, 0.15) is 17.3 Å². The molecular weight excluding hydrogens is 634 g/mol. The van der Waals surface area contributed by atoms with E-state index in [1.54, 1.807) is 43.9 Å². The van der Waals surface area contributed by atoms with Crippen molar-refractivity contribution in [2.75, 3.05) is 26.3 Å². The van der Waals surface area contributed by atoms with Gasteiger partial charge in [0.15, 0.2) is 17.2 Å². The van der Waals surface area contributed by atoms with E-state index < -0.39 is 17.0 Å². The largest absolute Gasteiger partial charge is 0.456 e. The number of hydrogen-bond donors (Lipinski definition) is 0. The minimum Gasteiger partial charge on any atom is -0.456 e. The van der Waals surface area contributed by atoms with Crippen LogP contribution in [0.1, 0.15) is 79.2 Å². The Morgan fingerprint density at radius 1 is 0.760 bits per heavy atom. The van der Waals surface area contributed by atoms with Gasteiger partial charge in [0.25, 0.3) is 0 Å². The van der Waals surface area contributed by atoms with Crippen LogP contribution in [0.2, 0.25) is 0 Å². The van der Waals surface area contributed by atoms with Crippen LogP contribution < -0.4 is 4.74 Å². The lowest BCUT2D eigenvalue weighted by Crippen LogP contribution is -2.41. The van der Waals surface area contributed by atoms with Crippen molar-refractivity contribution in [2.24, 2.45) is 5.41 Å². The fraction of sp³-hybridized carbons (Fsp3) is 0.341. The Morgan fingerprint density at radius 3 is 2.02 bits per heavy atom. The number of carbonyl (C=O) groups excluding carboxylic acids is 5. The third kappa shape index (κ3) is 5.40. The molecule has 1 fully saturated rings. The van der Waals surface area contributed by atoms with Crippen LogP contribution in [-0.4, -0.2) is 60.4 Å². The molecule has 4 aliphatic rings. The van der Waals surface area contributed by atoms with Crippen LogP contribution in [0.15, 0.2) is 83.0 Å². The Labute approximate surface area is 290 Å². The summed E-state index contributed by atoms with van der Waals surface area (Å²) in [6, 6.07) is 18.3. The number of fused-ring (bicyclic) bond motifs is 6. The third-order valence-electron chi connectivity index (χ3n) is 10.5. The second-order valence-electron chi connectivity index (χ2n) is 14.2. The zero-order chi connectivity index (χ0) is 35.5. The third-order valence-corrected chi connectivity index (χ3v) is 10.5. The second kappa shape index (κ2) is 12.3. The number of morpholine rings is 1. The van der Waals surface area contributed by atoms with Crippen molar-refractivity contribution in [3.63, 3.8) is 0 Å². The van der Waals surface area contributed by atoms with E-state index in [1.807, 2.05) is 56.3 Å². The number of carbonyl (C=O) groups is 5. The van der Waals surface area contributed by atoms with Crippen LogP contribution in [-0.2, 0) is 47.1 Å². The van der Waals surface area contributed by atoms with E-state index in [-0.39, 0.29) is 42.5 Å². The van der Waals surface area contributed by atoms with Gasteiger partial charge < -0.3 is 19.1 Å². The van der Waals surface area contributed by atoms with Gasteiger partial charge in [-0.05, 0) is 50.1 Å². The summed E-state index contributed by atoms with van der Waals surface area (Å²) < 4.78 is 18.2. The Morgan fingerprint density at radius 2 is 1.36 bits per heavy atom. The predicted octanol–water partition coefficient (Wildman–Crippen LogP) is 5.99. The molecule has 3 aromatic carbocycles. The molecule has 0 saturated carbocycles. The Hall–Kier alpha value is -5.15. The van der Waals surface area contributed by atoms with Crippen LogP contribution in [0.25, 0.3) is 0 Å². The summed E-state index contributed by atoms with van der Waals surface area (Å²) in [7, 11) is 0. The number of hydrogen-bond acceptors (Lipinski definition) is 8. The fourth-order valence-corrected chi connectivity index (χ4v) is 7.86. The zero-order valence-electron chi connectivity index (χ0n) is 28.9. The lowest BCUT2D eigenvalue weighted by Gasteiger charge is -2.37. The van der Waals surface area contributed by atoms with Crippen LogP contribution in [0.3, 0.4) is 0 Å². The van der Waals surface area contributed by atoms with E-state index in [4.69, 9.17) is 14.2 Å². The van der Waals surface area contributed by atoms with Crippen molar-refractivity contribution in [1.29, 1.82) is 0 Å². The summed E-state index contributed by atoms with van der Waals surface area (Å²) >= 11 is 0. The average molecular weight is 674 g/mol. The number of ether oxygens (including phenoxy) is 3. The molecule has 7 rings (SSSR count). The normalized spacial score (nSPS) is 20.0. The molecule has 0 aromatic heterocycles. The van der Waals surface area contributed by atoms with Crippen LogP contribution in [0, 0.1) is 5.41 Å². The highest BCUT2D eigenvalue weighted by atomic mass is 16.6. The Kier molecular flexibility index (Phi) is 8.22. The van der Waals surface area contributed by atoms with Crippen LogP contribution >= 0.6 is 0 Å².